The average molecular weight is 399 g/mol. The van der Waals surface area contributed by atoms with Crippen LogP contribution in [0, 0.1) is 13.5 Å². The van der Waals surface area contributed by atoms with Crippen LogP contribution >= 0.6 is 27.3 Å². The van der Waals surface area contributed by atoms with Crippen molar-refractivity contribution in [1.29, 1.82) is 0 Å². The predicted molar refractivity (Wildman–Crippen MR) is 89.1 cm³/mol. The molecule has 2 nitrogen and oxygen atoms in total. The van der Waals surface area contributed by atoms with Gasteiger partial charge in [-0.1, -0.05) is 6.07 Å². The molecule has 0 bridgehead atoms. The number of benzene rings is 1. The molecule has 0 saturated carbocycles. The smallest absolute Gasteiger partial charge is 0.340 e. The van der Waals surface area contributed by atoms with E-state index in [0.29, 0.717) is 12.1 Å². The number of alkyl halides is 3. The van der Waals surface area contributed by atoms with Crippen LogP contribution in [0.2, 0.25) is 0 Å². The van der Waals surface area contributed by atoms with Crippen molar-refractivity contribution in [3.8, 4) is 0 Å². The first-order valence-electron chi connectivity index (χ1n) is 6.63. The Kier molecular flexibility index (Phi) is 3.98. The van der Waals surface area contributed by atoms with Gasteiger partial charge in [-0.3, -0.25) is 0 Å². The summed E-state index contributed by atoms with van der Waals surface area (Å²) in [6.07, 6.45) is -4.55. The van der Waals surface area contributed by atoms with Crippen molar-refractivity contribution in [1.82, 2.24) is 4.57 Å². The van der Waals surface area contributed by atoms with E-state index in [2.05, 4.69) is 20.8 Å². The van der Waals surface area contributed by atoms with Gasteiger partial charge in [0.2, 0.25) is 0 Å². The van der Waals surface area contributed by atoms with Gasteiger partial charge in [0.15, 0.2) is 5.69 Å². The molecule has 0 fully saturated rings. The van der Waals surface area contributed by atoms with E-state index in [1.807, 2.05) is 16.7 Å². The zero-order valence-electron chi connectivity index (χ0n) is 11.9. The van der Waals surface area contributed by atoms with Crippen LogP contribution < -0.4 is 0 Å². The number of nitrogens with zero attached hydrogens (tertiary/aromatic N) is 2. The molecule has 23 heavy (non-hydrogen) atoms. The summed E-state index contributed by atoms with van der Waals surface area (Å²) in [6.45, 7) is 9.28. The lowest BCUT2D eigenvalue weighted by Crippen LogP contribution is -2.06. The average Bonchev–Trinajstić information content (AvgIpc) is 3.01. The zero-order chi connectivity index (χ0) is 16.8. The minimum atomic E-state index is -4.55. The molecular formula is C16H10BrF3N2S. The molecule has 0 spiro atoms. The summed E-state index contributed by atoms with van der Waals surface area (Å²) in [5.41, 5.74) is 0.0177. The van der Waals surface area contributed by atoms with E-state index in [4.69, 9.17) is 6.57 Å². The standard InChI is InChI=1S/C16H10BrF3N2S/c1-9-7-11-13(22(9)8-10-3-6-14(17)23-10)5-4-12(21-2)15(11)16(18,19)20/h3-7H,8H2,1H3. The van der Waals surface area contributed by atoms with E-state index in [1.165, 1.54) is 12.1 Å². The first kappa shape index (κ1) is 16.1. The number of hydrogen-bond acceptors (Lipinski definition) is 1. The van der Waals surface area contributed by atoms with E-state index < -0.39 is 11.7 Å². The normalized spacial score (nSPS) is 11.8. The molecule has 118 valence electrons. The molecule has 0 saturated heterocycles. The van der Waals surface area contributed by atoms with Crippen LogP contribution in [0.25, 0.3) is 15.7 Å². The van der Waals surface area contributed by atoms with E-state index in [1.54, 1.807) is 24.3 Å². The molecule has 0 radical (unpaired) electrons. The van der Waals surface area contributed by atoms with E-state index in [0.717, 1.165) is 14.4 Å². The second-order valence-electron chi connectivity index (χ2n) is 5.08. The molecule has 0 aliphatic heterocycles. The Balaban J connectivity index is 2.22. The topological polar surface area (TPSA) is 9.29 Å². The number of aromatic nitrogens is 1. The number of rotatable bonds is 2. The molecular weight excluding hydrogens is 389 g/mol. The molecule has 0 aliphatic carbocycles. The number of halogens is 4. The molecule has 3 rings (SSSR count). The fraction of sp³-hybridized carbons (Fsp3) is 0.188. The maximum absolute atomic E-state index is 13.4. The minimum absolute atomic E-state index is 0.0825. The van der Waals surface area contributed by atoms with Crippen LogP contribution in [-0.4, -0.2) is 4.57 Å². The van der Waals surface area contributed by atoms with Gasteiger partial charge in [-0.05, 0) is 47.1 Å². The van der Waals surface area contributed by atoms with Crippen LogP contribution in [0.3, 0.4) is 0 Å². The fourth-order valence-electron chi connectivity index (χ4n) is 2.65. The minimum Gasteiger partial charge on any atom is -0.340 e. The Labute approximate surface area is 143 Å². The van der Waals surface area contributed by atoms with Crippen LogP contribution in [-0.2, 0) is 12.7 Å². The summed E-state index contributed by atoms with van der Waals surface area (Å²) < 4.78 is 43.0. The number of fused-ring (bicyclic) bond motifs is 1. The van der Waals surface area contributed by atoms with Crippen molar-refractivity contribution in [2.45, 2.75) is 19.6 Å². The van der Waals surface area contributed by atoms with Crippen LogP contribution in [0.15, 0.2) is 34.1 Å². The van der Waals surface area contributed by atoms with Crippen LogP contribution in [0.4, 0.5) is 18.9 Å². The van der Waals surface area contributed by atoms with Crippen molar-refractivity contribution in [3.63, 3.8) is 0 Å². The van der Waals surface area contributed by atoms with Crippen molar-refractivity contribution >= 4 is 43.9 Å². The largest absolute Gasteiger partial charge is 0.408 e. The molecule has 2 heterocycles. The first-order valence-corrected chi connectivity index (χ1v) is 8.24. The first-order chi connectivity index (χ1) is 10.8. The quantitative estimate of drug-likeness (QED) is 0.442. The predicted octanol–water partition coefficient (Wildman–Crippen LogP) is 6.39. The fourth-order valence-corrected chi connectivity index (χ4v) is 4.12. The SMILES string of the molecule is [C-]#[N+]c1ccc2c(cc(C)n2Cc2ccc(Br)s2)c1C(F)(F)F. The van der Waals surface area contributed by atoms with Gasteiger partial charge >= 0.3 is 6.18 Å². The Morgan fingerprint density at radius 1 is 1.26 bits per heavy atom. The van der Waals surface area contributed by atoms with Crippen molar-refractivity contribution < 1.29 is 13.2 Å². The Morgan fingerprint density at radius 3 is 2.57 bits per heavy atom. The van der Waals surface area contributed by atoms with Gasteiger partial charge in [0.25, 0.3) is 0 Å². The van der Waals surface area contributed by atoms with E-state index >= 15 is 0 Å². The third-order valence-electron chi connectivity index (χ3n) is 3.62. The highest BCUT2D eigenvalue weighted by atomic mass is 79.9. The Hall–Kier alpha value is -1.78. The van der Waals surface area contributed by atoms with Crippen molar-refractivity contribution in [2.24, 2.45) is 0 Å². The molecule has 0 atom stereocenters. The van der Waals surface area contributed by atoms with E-state index in [9.17, 15) is 13.2 Å². The monoisotopic (exact) mass is 398 g/mol. The van der Waals surface area contributed by atoms with Gasteiger partial charge in [0.05, 0.1) is 22.5 Å². The van der Waals surface area contributed by atoms with Gasteiger partial charge < -0.3 is 4.57 Å². The summed E-state index contributed by atoms with van der Waals surface area (Å²) >= 11 is 4.93. The maximum atomic E-state index is 13.4. The van der Waals surface area contributed by atoms with Crippen molar-refractivity contribution in [2.75, 3.05) is 0 Å². The lowest BCUT2D eigenvalue weighted by atomic mass is 10.1. The summed E-state index contributed by atoms with van der Waals surface area (Å²) in [5.74, 6) is 0. The van der Waals surface area contributed by atoms with Crippen LogP contribution in [0.1, 0.15) is 16.1 Å². The summed E-state index contributed by atoms with van der Waals surface area (Å²) in [5, 5.41) is 0.0825. The second kappa shape index (κ2) is 5.69. The Bertz CT molecular complexity index is 931. The molecule has 0 N–H and O–H groups in total. The molecule has 3 aromatic rings. The Morgan fingerprint density at radius 2 is 2.00 bits per heavy atom. The highest BCUT2D eigenvalue weighted by Crippen LogP contribution is 2.42. The molecule has 2 aromatic heterocycles. The molecule has 7 heteroatoms. The van der Waals surface area contributed by atoms with Gasteiger partial charge in [-0.25, -0.2) is 4.85 Å². The van der Waals surface area contributed by atoms with Crippen molar-refractivity contribution in [3.05, 3.63) is 61.7 Å². The lowest BCUT2D eigenvalue weighted by Gasteiger charge is -2.12. The highest BCUT2D eigenvalue weighted by Gasteiger charge is 2.36. The van der Waals surface area contributed by atoms with Gasteiger partial charge in [-0.2, -0.15) is 13.2 Å². The van der Waals surface area contributed by atoms with Gasteiger partial charge in [-0.15, -0.1) is 11.3 Å². The van der Waals surface area contributed by atoms with Crippen LogP contribution in [0.5, 0.6) is 0 Å². The lowest BCUT2D eigenvalue weighted by molar-refractivity contribution is -0.135. The molecule has 0 unspecified atom stereocenters. The number of aryl methyl sites for hydroxylation is 1. The van der Waals surface area contributed by atoms with E-state index in [-0.39, 0.29) is 11.1 Å². The van der Waals surface area contributed by atoms with Gasteiger partial charge in [0.1, 0.15) is 0 Å². The summed E-state index contributed by atoms with van der Waals surface area (Å²) in [4.78, 5) is 4.07. The summed E-state index contributed by atoms with van der Waals surface area (Å²) in [6, 6.07) is 8.21. The third-order valence-corrected chi connectivity index (χ3v) is 5.23. The molecule has 1 aromatic carbocycles. The number of hydrogen-bond donors (Lipinski definition) is 0. The molecule has 0 amide bonds. The second-order valence-corrected chi connectivity index (χ2v) is 7.63. The summed E-state index contributed by atoms with van der Waals surface area (Å²) in [7, 11) is 0. The maximum Gasteiger partial charge on any atom is 0.408 e. The number of thiophene rings is 1. The van der Waals surface area contributed by atoms with Gasteiger partial charge in [0, 0.05) is 21.5 Å². The third kappa shape index (κ3) is 2.89. The zero-order valence-corrected chi connectivity index (χ0v) is 14.3. The highest BCUT2D eigenvalue weighted by molar-refractivity contribution is 9.11. The molecule has 0 aliphatic rings.